The fourth-order valence-corrected chi connectivity index (χ4v) is 4.29. The highest BCUT2D eigenvalue weighted by molar-refractivity contribution is 14.1. The summed E-state index contributed by atoms with van der Waals surface area (Å²) in [5.41, 5.74) is 2.74. The average Bonchev–Trinajstić information content (AvgIpc) is 3.15. The van der Waals surface area contributed by atoms with E-state index in [1.165, 1.54) is 0 Å². The molecular formula is C25H18Br2INO4. The van der Waals surface area contributed by atoms with Crippen molar-refractivity contribution in [3.63, 3.8) is 0 Å². The van der Waals surface area contributed by atoms with Gasteiger partial charge >= 0.3 is 5.97 Å². The van der Waals surface area contributed by atoms with Crippen LogP contribution in [-0.2, 0) is 16.1 Å². The van der Waals surface area contributed by atoms with Crippen molar-refractivity contribution in [3.8, 4) is 11.5 Å². The molecule has 4 rings (SSSR count). The third kappa shape index (κ3) is 6.04. The molecule has 0 atom stereocenters. The normalized spacial score (nSPS) is 14.2. The van der Waals surface area contributed by atoms with Gasteiger partial charge in [0.05, 0.1) is 11.1 Å². The summed E-state index contributed by atoms with van der Waals surface area (Å²) < 4.78 is 20.0. The van der Waals surface area contributed by atoms with Crippen LogP contribution in [0, 0.1) is 3.57 Å². The molecule has 0 saturated heterocycles. The number of hydrogen-bond donors (Lipinski definition) is 0. The van der Waals surface area contributed by atoms with E-state index in [-0.39, 0.29) is 5.70 Å². The van der Waals surface area contributed by atoms with Gasteiger partial charge in [-0.1, -0.05) is 28.1 Å². The second kappa shape index (κ2) is 10.8. The quantitative estimate of drug-likeness (QED) is 0.151. The zero-order valence-corrected chi connectivity index (χ0v) is 22.8. The fourth-order valence-electron chi connectivity index (χ4n) is 3.09. The van der Waals surface area contributed by atoms with Crippen LogP contribution in [0.4, 0.5) is 0 Å². The van der Waals surface area contributed by atoms with Gasteiger partial charge in [-0.05, 0) is 111 Å². The summed E-state index contributed by atoms with van der Waals surface area (Å²) in [7, 11) is 0. The minimum atomic E-state index is -0.492. The van der Waals surface area contributed by atoms with Crippen molar-refractivity contribution in [1.82, 2.24) is 0 Å². The molecule has 1 heterocycles. The minimum absolute atomic E-state index is 0.224. The molecule has 0 fully saturated rings. The van der Waals surface area contributed by atoms with Gasteiger partial charge in [0.15, 0.2) is 17.2 Å². The number of carbonyl (C=O) groups is 1. The third-order valence-corrected chi connectivity index (χ3v) is 6.48. The van der Waals surface area contributed by atoms with E-state index in [4.69, 9.17) is 14.2 Å². The molecular weight excluding hydrogens is 665 g/mol. The molecule has 0 spiro atoms. The summed E-state index contributed by atoms with van der Waals surface area (Å²) in [5.74, 6) is 0.970. The lowest BCUT2D eigenvalue weighted by Crippen LogP contribution is -2.05. The smallest absolute Gasteiger partial charge is 0.363 e. The first-order valence-corrected chi connectivity index (χ1v) is 12.7. The van der Waals surface area contributed by atoms with Gasteiger partial charge in [-0.2, -0.15) is 0 Å². The zero-order valence-electron chi connectivity index (χ0n) is 17.5. The van der Waals surface area contributed by atoms with Gasteiger partial charge in [0.1, 0.15) is 6.61 Å². The van der Waals surface area contributed by atoms with E-state index in [0.717, 1.165) is 24.7 Å². The summed E-state index contributed by atoms with van der Waals surface area (Å²) in [4.78, 5) is 16.8. The Labute approximate surface area is 222 Å². The van der Waals surface area contributed by atoms with Crippen molar-refractivity contribution in [2.24, 2.45) is 4.99 Å². The minimum Gasteiger partial charge on any atom is -0.490 e. The molecule has 5 nitrogen and oxygen atoms in total. The topological polar surface area (TPSA) is 57.1 Å². The summed E-state index contributed by atoms with van der Waals surface area (Å²) in [6.45, 7) is 2.77. The lowest BCUT2D eigenvalue weighted by Gasteiger charge is -2.15. The highest BCUT2D eigenvalue weighted by atomic mass is 127. The molecule has 0 N–H and O–H groups in total. The van der Waals surface area contributed by atoms with Gasteiger partial charge in [-0.25, -0.2) is 9.79 Å². The van der Waals surface area contributed by atoms with Gasteiger partial charge in [0.25, 0.3) is 0 Å². The summed E-state index contributed by atoms with van der Waals surface area (Å²) >= 11 is 9.24. The molecule has 0 radical (unpaired) electrons. The summed E-state index contributed by atoms with van der Waals surface area (Å²) in [6, 6.07) is 19.2. The van der Waals surface area contributed by atoms with Crippen LogP contribution in [-0.4, -0.2) is 18.5 Å². The Hall–Kier alpha value is -2.17. The molecule has 0 amide bonds. The van der Waals surface area contributed by atoms with E-state index in [9.17, 15) is 4.79 Å². The number of hydrogen-bond acceptors (Lipinski definition) is 5. The molecule has 1 aliphatic rings. The zero-order chi connectivity index (χ0) is 23.4. The van der Waals surface area contributed by atoms with Crippen LogP contribution in [0.1, 0.15) is 23.6 Å². The lowest BCUT2D eigenvalue weighted by molar-refractivity contribution is -0.129. The third-order valence-electron chi connectivity index (χ3n) is 4.64. The van der Waals surface area contributed by atoms with Crippen LogP contribution in [0.3, 0.4) is 0 Å². The van der Waals surface area contributed by atoms with E-state index in [1.807, 2.05) is 67.6 Å². The number of ether oxygens (including phenoxy) is 3. The van der Waals surface area contributed by atoms with Crippen molar-refractivity contribution >= 4 is 72.4 Å². The molecule has 3 aromatic carbocycles. The molecule has 0 aromatic heterocycles. The van der Waals surface area contributed by atoms with Crippen molar-refractivity contribution in [3.05, 3.63) is 95.6 Å². The van der Waals surface area contributed by atoms with E-state index >= 15 is 0 Å². The molecule has 3 aromatic rings. The molecule has 33 heavy (non-hydrogen) atoms. The molecule has 1 aliphatic heterocycles. The highest BCUT2D eigenvalue weighted by Crippen LogP contribution is 2.38. The maximum Gasteiger partial charge on any atom is 0.363 e. The standard InChI is InChI=1S/C25H18Br2INO4/c1-2-31-22-13-16(11-20(27)23(22)32-14-15-3-7-18(26)8-4-15)12-21-25(30)33-24(29-21)17-5-9-19(28)10-6-17/h3-13H,2,14H2,1H3/b21-12-. The van der Waals surface area contributed by atoms with Crippen LogP contribution < -0.4 is 9.47 Å². The second-order valence-electron chi connectivity index (χ2n) is 7.02. The first-order valence-electron chi connectivity index (χ1n) is 10.0. The van der Waals surface area contributed by atoms with Crippen LogP contribution in [0.5, 0.6) is 11.5 Å². The average molecular weight is 683 g/mol. The van der Waals surface area contributed by atoms with E-state index in [0.29, 0.717) is 35.1 Å². The largest absolute Gasteiger partial charge is 0.490 e. The van der Waals surface area contributed by atoms with E-state index in [2.05, 4.69) is 59.4 Å². The van der Waals surface area contributed by atoms with Crippen LogP contribution >= 0.6 is 54.5 Å². The van der Waals surface area contributed by atoms with Crippen molar-refractivity contribution < 1.29 is 19.0 Å². The van der Waals surface area contributed by atoms with Crippen LogP contribution in [0.15, 0.2) is 80.3 Å². The summed E-state index contributed by atoms with van der Waals surface area (Å²) in [5, 5.41) is 0. The van der Waals surface area contributed by atoms with E-state index < -0.39 is 5.97 Å². The molecule has 168 valence electrons. The predicted octanol–water partition coefficient (Wildman–Crippen LogP) is 7.14. The Morgan fingerprint density at radius 3 is 2.45 bits per heavy atom. The Kier molecular flexibility index (Phi) is 7.87. The first kappa shape index (κ1) is 24.0. The SMILES string of the molecule is CCOc1cc(/C=C2\N=C(c3ccc(I)cc3)OC2=O)cc(Br)c1OCc1ccc(Br)cc1. The van der Waals surface area contributed by atoms with Gasteiger partial charge in [-0.15, -0.1) is 0 Å². The molecule has 0 aliphatic carbocycles. The number of halogens is 3. The monoisotopic (exact) mass is 681 g/mol. The molecule has 8 heteroatoms. The van der Waals surface area contributed by atoms with Gasteiger partial charge in [-0.3, -0.25) is 0 Å². The number of nitrogens with zero attached hydrogens (tertiary/aromatic N) is 1. The Morgan fingerprint density at radius 2 is 1.76 bits per heavy atom. The summed E-state index contributed by atoms with van der Waals surface area (Å²) in [6.07, 6.45) is 1.67. The maximum absolute atomic E-state index is 12.4. The van der Waals surface area contributed by atoms with Crippen molar-refractivity contribution in [2.45, 2.75) is 13.5 Å². The van der Waals surface area contributed by atoms with Gasteiger partial charge in [0, 0.05) is 13.6 Å². The van der Waals surface area contributed by atoms with E-state index in [1.54, 1.807) is 6.08 Å². The molecule has 0 unspecified atom stereocenters. The number of cyclic esters (lactones) is 1. The lowest BCUT2D eigenvalue weighted by atomic mass is 10.1. The van der Waals surface area contributed by atoms with Gasteiger partial charge < -0.3 is 14.2 Å². The maximum atomic E-state index is 12.4. The highest BCUT2D eigenvalue weighted by Gasteiger charge is 2.24. The molecule has 0 bridgehead atoms. The predicted molar refractivity (Wildman–Crippen MR) is 144 cm³/mol. The Bertz CT molecular complexity index is 1240. The number of carbonyl (C=O) groups excluding carboxylic acids is 1. The number of aliphatic imine (C=N–C) groups is 1. The van der Waals surface area contributed by atoms with Gasteiger partial charge in [0.2, 0.25) is 5.90 Å². The van der Waals surface area contributed by atoms with Crippen molar-refractivity contribution in [2.75, 3.05) is 6.61 Å². The first-order chi connectivity index (χ1) is 15.9. The Morgan fingerprint density at radius 1 is 1.03 bits per heavy atom. The molecule has 0 saturated carbocycles. The Balaban J connectivity index is 1.60. The second-order valence-corrected chi connectivity index (χ2v) is 10.0. The van der Waals surface area contributed by atoms with Crippen LogP contribution in [0.25, 0.3) is 6.08 Å². The van der Waals surface area contributed by atoms with Crippen molar-refractivity contribution in [1.29, 1.82) is 0 Å². The fraction of sp³-hybridized carbons (Fsp3) is 0.120. The number of rotatable bonds is 7. The number of benzene rings is 3. The number of esters is 1. The van der Waals surface area contributed by atoms with Crippen LogP contribution in [0.2, 0.25) is 0 Å².